The number of carbonyl (C=O) groups is 1. The van der Waals surface area contributed by atoms with Gasteiger partial charge >= 0.3 is 5.97 Å². The summed E-state index contributed by atoms with van der Waals surface area (Å²) >= 11 is 0. The van der Waals surface area contributed by atoms with Gasteiger partial charge in [-0.1, -0.05) is 0 Å². The molecule has 2 heterocycles. The van der Waals surface area contributed by atoms with Gasteiger partial charge in [0.05, 0.1) is 25.6 Å². The SMILES string of the molecule is O=C(O)c1cncc(O[C@@H]2CCOC2)n1. The van der Waals surface area contributed by atoms with E-state index in [1.54, 1.807) is 0 Å². The lowest BCUT2D eigenvalue weighted by Gasteiger charge is -2.09. The van der Waals surface area contributed by atoms with Crippen LogP contribution >= 0.6 is 0 Å². The summed E-state index contributed by atoms with van der Waals surface area (Å²) in [6.45, 7) is 1.18. The van der Waals surface area contributed by atoms with Crippen LogP contribution in [0.4, 0.5) is 0 Å². The first-order chi connectivity index (χ1) is 7.25. The third-order valence-electron chi connectivity index (χ3n) is 2.01. The predicted octanol–water partition coefficient (Wildman–Crippen LogP) is 0.343. The molecule has 0 bridgehead atoms. The summed E-state index contributed by atoms with van der Waals surface area (Å²) in [7, 11) is 0. The van der Waals surface area contributed by atoms with Crippen molar-refractivity contribution in [3.8, 4) is 5.88 Å². The Hall–Kier alpha value is -1.69. The first-order valence-electron chi connectivity index (χ1n) is 4.55. The largest absolute Gasteiger partial charge is 0.476 e. The van der Waals surface area contributed by atoms with Crippen LogP contribution in [-0.2, 0) is 4.74 Å². The van der Waals surface area contributed by atoms with Crippen molar-refractivity contribution in [3.05, 3.63) is 18.1 Å². The van der Waals surface area contributed by atoms with Crippen molar-refractivity contribution in [2.24, 2.45) is 0 Å². The molecule has 1 N–H and O–H groups in total. The van der Waals surface area contributed by atoms with E-state index in [9.17, 15) is 4.79 Å². The molecule has 80 valence electrons. The molecule has 6 heteroatoms. The third kappa shape index (κ3) is 2.41. The highest BCUT2D eigenvalue weighted by Gasteiger charge is 2.18. The molecule has 15 heavy (non-hydrogen) atoms. The van der Waals surface area contributed by atoms with Crippen LogP contribution in [0.2, 0.25) is 0 Å². The predicted molar refractivity (Wildman–Crippen MR) is 48.8 cm³/mol. The Morgan fingerprint density at radius 3 is 3.13 bits per heavy atom. The maximum atomic E-state index is 10.6. The summed E-state index contributed by atoms with van der Waals surface area (Å²) in [5.74, 6) is -0.888. The second-order valence-electron chi connectivity index (χ2n) is 3.15. The molecule has 1 aromatic rings. The fourth-order valence-corrected chi connectivity index (χ4v) is 1.28. The highest BCUT2D eigenvalue weighted by atomic mass is 16.5. The lowest BCUT2D eigenvalue weighted by molar-refractivity contribution is 0.0687. The van der Waals surface area contributed by atoms with E-state index in [1.807, 2.05) is 0 Å². The second-order valence-corrected chi connectivity index (χ2v) is 3.15. The van der Waals surface area contributed by atoms with Gasteiger partial charge in [0.2, 0.25) is 5.88 Å². The molecule has 0 aliphatic carbocycles. The van der Waals surface area contributed by atoms with Crippen LogP contribution < -0.4 is 4.74 Å². The van der Waals surface area contributed by atoms with Crippen LogP contribution in [0.15, 0.2) is 12.4 Å². The second kappa shape index (κ2) is 4.22. The molecule has 1 atom stereocenters. The van der Waals surface area contributed by atoms with Crippen molar-refractivity contribution in [2.75, 3.05) is 13.2 Å². The van der Waals surface area contributed by atoms with Crippen molar-refractivity contribution in [2.45, 2.75) is 12.5 Å². The molecule has 1 aliphatic rings. The smallest absolute Gasteiger partial charge is 0.356 e. The maximum absolute atomic E-state index is 10.6. The van der Waals surface area contributed by atoms with E-state index >= 15 is 0 Å². The summed E-state index contributed by atoms with van der Waals surface area (Å²) in [6.07, 6.45) is 3.31. The van der Waals surface area contributed by atoms with Crippen LogP contribution in [0, 0.1) is 0 Å². The molecule has 0 aromatic carbocycles. The number of hydrogen-bond donors (Lipinski definition) is 1. The average Bonchev–Trinajstić information content (AvgIpc) is 2.71. The fourth-order valence-electron chi connectivity index (χ4n) is 1.28. The zero-order valence-electron chi connectivity index (χ0n) is 7.92. The summed E-state index contributed by atoms with van der Waals surface area (Å²) in [6, 6.07) is 0. The topological polar surface area (TPSA) is 81.5 Å². The monoisotopic (exact) mass is 210 g/mol. The van der Waals surface area contributed by atoms with Crippen LogP contribution in [0.1, 0.15) is 16.9 Å². The molecule has 0 spiro atoms. The van der Waals surface area contributed by atoms with Crippen molar-refractivity contribution in [1.82, 2.24) is 9.97 Å². The van der Waals surface area contributed by atoms with Gasteiger partial charge in [-0.3, -0.25) is 4.98 Å². The molecular weight excluding hydrogens is 200 g/mol. The molecule has 0 saturated carbocycles. The number of carboxylic acids is 1. The van der Waals surface area contributed by atoms with Crippen LogP contribution in [0.25, 0.3) is 0 Å². The van der Waals surface area contributed by atoms with Gasteiger partial charge in [0.25, 0.3) is 0 Å². The van der Waals surface area contributed by atoms with Crippen molar-refractivity contribution in [1.29, 1.82) is 0 Å². The van der Waals surface area contributed by atoms with Crippen molar-refractivity contribution in [3.63, 3.8) is 0 Å². The molecule has 2 rings (SSSR count). The zero-order valence-corrected chi connectivity index (χ0v) is 7.92. The zero-order chi connectivity index (χ0) is 10.7. The van der Waals surface area contributed by atoms with Gasteiger partial charge in [0.1, 0.15) is 6.10 Å². The quantitative estimate of drug-likeness (QED) is 0.774. The average molecular weight is 210 g/mol. The Morgan fingerprint density at radius 1 is 1.60 bits per heavy atom. The number of carboxylic acid groups (broad SMARTS) is 1. The minimum absolute atomic E-state index is 0.0525. The molecule has 1 aliphatic heterocycles. The van der Waals surface area contributed by atoms with E-state index < -0.39 is 5.97 Å². The van der Waals surface area contributed by atoms with E-state index in [0.29, 0.717) is 13.2 Å². The standard InChI is InChI=1S/C9H10N2O4/c12-9(13)7-3-10-4-8(11-7)15-6-1-2-14-5-6/h3-4,6H,1-2,5H2,(H,12,13)/t6-/m1/s1. The minimum atomic E-state index is -1.12. The number of hydrogen-bond acceptors (Lipinski definition) is 5. The van der Waals surface area contributed by atoms with Crippen LogP contribution in [-0.4, -0.2) is 40.4 Å². The minimum Gasteiger partial charge on any atom is -0.476 e. The van der Waals surface area contributed by atoms with Crippen molar-refractivity contribution < 1.29 is 19.4 Å². The normalized spacial score (nSPS) is 20.1. The van der Waals surface area contributed by atoms with Crippen LogP contribution in [0.3, 0.4) is 0 Å². The van der Waals surface area contributed by atoms with Gasteiger partial charge in [-0.15, -0.1) is 0 Å². The number of ether oxygens (including phenoxy) is 2. The van der Waals surface area contributed by atoms with E-state index in [1.165, 1.54) is 12.4 Å². The Labute approximate surface area is 85.9 Å². The first-order valence-corrected chi connectivity index (χ1v) is 4.55. The van der Waals surface area contributed by atoms with Gasteiger partial charge in [-0.25, -0.2) is 9.78 Å². The number of nitrogens with zero attached hydrogens (tertiary/aromatic N) is 2. The molecule has 0 amide bonds. The first kappa shape index (κ1) is 9.85. The molecule has 1 saturated heterocycles. The summed E-state index contributed by atoms with van der Waals surface area (Å²) in [5.41, 5.74) is -0.119. The highest BCUT2D eigenvalue weighted by molar-refractivity contribution is 5.84. The van der Waals surface area contributed by atoms with E-state index in [4.69, 9.17) is 14.6 Å². The van der Waals surface area contributed by atoms with Gasteiger partial charge in [0.15, 0.2) is 5.69 Å². The molecule has 0 unspecified atom stereocenters. The Morgan fingerprint density at radius 2 is 2.47 bits per heavy atom. The number of rotatable bonds is 3. The Bertz CT molecular complexity index is 363. The van der Waals surface area contributed by atoms with Crippen molar-refractivity contribution >= 4 is 5.97 Å². The number of aromatic nitrogens is 2. The Kier molecular flexibility index (Phi) is 2.77. The lowest BCUT2D eigenvalue weighted by Crippen LogP contribution is -2.17. The van der Waals surface area contributed by atoms with E-state index in [-0.39, 0.29) is 17.7 Å². The molecule has 0 radical (unpaired) electrons. The third-order valence-corrected chi connectivity index (χ3v) is 2.01. The molecule has 1 aromatic heterocycles. The molecule has 6 nitrogen and oxygen atoms in total. The molecule has 1 fully saturated rings. The van der Waals surface area contributed by atoms with Gasteiger partial charge in [-0.2, -0.15) is 0 Å². The maximum Gasteiger partial charge on any atom is 0.356 e. The summed E-state index contributed by atoms with van der Waals surface area (Å²) in [4.78, 5) is 18.1. The highest BCUT2D eigenvalue weighted by Crippen LogP contribution is 2.13. The van der Waals surface area contributed by atoms with Crippen LogP contribution in [0.5, 0.6) is 5.88 Å². The van der Waals surface area contributed by atoms with Gasteiger partial charge in [-0.05, 0) is 0 Å². The fraction of sp³-hybridized carbons (Fsp3) is 0.444. The number of aromatic carboxylic acids is 1. The Balaban J connectivity index is 2.07. The van der Waals surface area contributed by atoms with Gasteiger partial charge < -0.3 is 14.6 Å². The van der Waals surface area contributed by atoms with E-state index in [2.05, 4.69) is 9.97 Å². The van der Waals surface area contributed by atoms with Gasteiger partial charge in [0, 0.05) is 6.42 Å². The summed E-state index contributed by atoms with van der Waals surface area (Å²) < 4.78 is 10.5. The van der Waals surface area contributed by atoms with E-state index in [0.717, 1.165) is 6.42 Å². The lowest BCUT2D eigenvalue weighted by atomic mass is 10.3. The molecular formula is C9H10N2O4. The summed E-state index contributed by atoms with van der Waals surface area (Å²) in [5, 5.41) is 8.69.